The predicted molar refractivity (Wildman–Crippen MR) is 514 cm³/mol. The summed E-state index contributed by atoms with van der Waals surface area (Å²) in [4.78, 5) is 0. The Labute approximate surface area is 714 Å². The van der Waals surface area contributed by atoms with Crippen LogP contribution in [-0.2, 0) is 0 Å². The molecule has 3 nitrogen and oxygen atoms in total. The maximum absolute atomic E-state index is 14.1. The summed E-state index contributed by atoms with van der Waals surface area (Å²) in [7, 11) is 0. The summed E-state index contributed by atoms with van der Waals surface area (Å²) in [5, 5.41) is 4.94. The van der Waals surface area contributed by atoms with Crippen LogP contribution >= 0.6 is 256 Å². The monoisotopic (exact) mass is 1970 g/mol. The molecule has 26 heteroatoms. The molecule has 0 aliphatic heterocycles. The fraction of sp³-hybridized carbons (Fsp3) is 0.0361. The molecule has 20 heterocycles. The molecule has 0 bridgehead atoms. The number of nitrogens with zero attached hydrogens (tertiary/aromatic N) is 3. The minimum atomic E-state index is -0.200. The molecule has 0 amide bonds. The Hall–Kier alpha value is -5.48. The molecule has 0 aliphatic carbocycles. The van der Waals surface area contributed by atoms with Crippen LogP contribution in [0.4, 0.5) is 8.78 Å². The van der Waals surface area contributed by atoms with Gasteiger partial charge in [0.05, 0.1) is 172 Å². The molecule has 0 spiro atoms. The van der Waals surface area contributed by atoms with E-state index in [0.717, 1.165) is 40.3 Å². The fourth-order valence-electron chi connectivity index (χ4n) is 15.7. The number of halogens is 6. The third-order valence-corrected chi connectivity index (χ3v) is 45.9. The van der Waals surface area contributed by atoms with Gasteiger partial charge in [-0.3, -0.25) is 0 Å². The summed E-state index contributed by atoms with van der Waals surface area (Å²) < 4.78 is 84.1. The van der Waals surface area contributed by atoms with Gasteiger partial charge in [0.1, 0.15) is 11.6 Å². The van der Waals surface area contributed by atoms with Crippen LogP contribution < -0.4 is 0 Å². The Morgan fingerprint density at radius 3 is 1.08 bits per heavy atom. The van der Waals surface area contributed by atoms with E-state index in [0.29, 0.717) is 0 Å². The zero-order valence-electron chi connectivity index (χ0n) is 55.6. The van der Waals surface area contributed by atoms with E-state index in [-0.39, 0.29) is 11.6 Å². The Kier molecular flexibility index (Phi) is 14.9. The standard InChI is InChI=1S/C29H13Br2NS5.C29H13F2NS5.C25H9Br2NS7/c1-12-2-6-15(7-3-12)32-18-10-13(30)4-8-16(18)21-20(32)23-25(34-21)27-29(36-23)28-26(37-27)24-22(35-28)17-9-5-14(31)11-19(17)33-24;1-12-2-6-15(7-3-12)32-20-16-8-4-13(30)10-18(16)33-23(20)24-21(32)25-27(36-24)29-28(37-25)26-22(35-29)17-9-5-14(31)11-19(17)34-26;1-8-2-4-9(5-3-8)28-10-6-12(26)30-15(10)17-14(28)18-20(32-17)22-24(33-18)25-23(35-22)21-19(34-25)16-11(29-21)7-13(27)31-16/h2*2-11H,1H3;2-7H,1H3. The van der Waals surface area contributed by atoms with E-state index in [4.69, 9.17) is 0 Å². The maximum Gasteiger partial charge on any atom is 0.124 e. The van der Waals surface area contributed by atoms with Crippen LogP contribution in [-0.4, -0.2) is 13.7 Å². The van der Waals surface area contributed by atoms with E-state index in [1.807, 2.05) is 182 Å². The molecule has 0 saturated heterocycles. The van der Waals surface area contributed by atoms with Crippen LogP contribution in [0, 0.1) is 32.4 Å². The lowest BCUT2D eigenvalue weighted by Gasteiger charge is -2.08. The molecule has 0 radical (unpaired) electrons. The molecule has 27 rings (SSSR count). The highest BCUT2D eigenvalue weighted by Crippen LogP contribution is 2.62. The highest BCUT2D eigenvalue weighted by molar-refractivity contribution is 9.11. The van der Waals surface area contributed by atoms with Crippen LogP contribution in [0.2, 0.25) is 0 Å². The van der Waals surface area contributed by atoms with Crippen molar-refractivity contribution in [1.82, 2.24) is 13.7 Å². The van der Waals surface area contributed by atoms with Crippen molar-refractivity contribution in [2.45, 2.75) is 20.8 Å². The van der Waals surface area contributed by atoms with E-state index < -0.39 is 0 Å². The summed E-state index contributed by atoms with van der Waals surface area (Å²) in [5.74, 6) is -0.385. The lowest BCUT2D eigenvalue weighted by Crippen LogP contribution is -1.93. The van der Waals surface area contributed by atoms with E-state index in [1.54, 1.807) is 46.9 Å². The second-order valence-electron chi connectivity index (χ2n) is 27.1. The molecule has 0 N–H and O–H groups in total. The van der Waals surface area contributed by atoms with Crippen molar-refractivity contribution < 1.29 is 8.78 Å². The van der Waals surface area contributed by atoms with Gasteiger partial charge in [0.15, 0.2) is 0 Å². The van der Waals surface area contributed by atoms with Crippen LogP contribution in [0.15, 0.2) is 174 Å². The fourth-order valence-corrected chi connectivity index (χ4v) is 42.9. The normalized spacial score (nSPS) is 12.8. The maximum atomic E-state index is 14.1. The van der Waals surface area contributed by atoms with Crippen molar-refractivity contribution in [3.8, 4) is 17.1 Å². The van der Waals surface area contributed by atoms with Crippen LogP contribution in [0.1, 0.15) is 16.7 Å². The predicted octanol–water partition coefficient (Wildman–Crippen LogP) is 36.9. The van der Waals surface area contributed by atoms with Crippen molar-refractivity contribution in [3.63, 3.8) is 0 Å². The first-order valence-corrected chi connectivity index (χ1v) is 51.0. The van der Waals surface area contributed by atoms with Crippen molar-refractivity contribution >= 4 is 461 Å². The van der Waals surface area contributed by atoms with Crippen molar-refractivity contribution in [1.29, 1.82) is 0 Å². The smallest absolute Gasteiger partial charge is 0.124 e. The largest absolute Gasteiger partial charge is 0.307 e. The molecular formula is C83H35Br4F2N3S17. The number of hydrogen-bond acceptors (Lipinski definition) is 17. The van der Waals surface area contributed by atoms with Gasteiger partial charge in [-0.15, -0.1) is 193 Å². The van der Waals surface area contributed by atoms with Gasteiger partial charge in [0, 0.05) is 66.4 Å². The molecule has 526 valence electrons. The Bertz CT molecular complexity index is 8680. The topological polar surface area (TPSA) is 14.8 Å². The summed E-state index contributed by atoms with van der Waals surface area (Å²) in [6, 6.07) is 54.8. The van der Waals surface area contributed by atoms with Gasteiger partial charge in [-0.1, -0.05) is 97.1 Å². The first-order valence-electron chi connectivity index (χ1n) is 33.9. The van der Waals surface area contributed by atoms with Gasteiger partial charge in [-0.25, -0.2) is 8.78 Å². The quantitative estimate of drug-likeness (QED) is 0.167. The van der Waals surface area contributed by atoms with Gasteiger partial charge >= 0.3 is 0 Å². The zero-order chi connectivity index (χ0) is 72.3. The number of benzene rings is 7. The number of aromatic nitrogens is 3. The van der Waals surface area contributed by atoms with E-state index >= 15 is 0 Å². The number of thiophene rings is 17. The van der Waals surface area contributed by atoms with Crippen molar-refractivity contribution in [3.05, 3.63) is 203 Å². The summed E-state index contributed by atoms with van der Waals surface area (Å²) in [6.45, 7) is 6.41. The summed E-state index contributed by atoms with van der Waals surface area (Å²) in [6.07, 6.45) is 0. The Balaban J connectivity index is 0.0000000937. The van der Waals surface area contributed by atoms with Gasteiger partial charge < -0.3 is 13.7 Å². The SMILES string of the molecule is Cc1ccc(-n2c3c4ccc(F)cc4sc3c3sc4c5sc6c7ccc(F)cc7sc6c5sc4c32)cc1.Cc1ccc(-n2c3cc(Br)ccc3c3sc4c5sc6c7sc8cc(Br)ccc8c7sc6c5sc4c32)cc1.Cc1ccc(-n2c3cc(Br)sc3c3sc4c5sc6c7sc8cc(Br)sc8c7sc6c5sc4c32)cc1. The van der Waals surface area contributed by atoms with Gasteiger partial charge in [-0.2, -0.15) is 0 Å². The first-order chi connectivity index (χ1) is 53.1. The van der Waals surface area contributed by atoms with Crippen LogP contribution in [0.5, 0.6) is 0 Å². The average Bonchev–Trinajstić information content (AvgIpc) is 1.53. The Morgan fingerprint density at radius 2 is 0.541 bits per heavy atom. The van der Waals surface area contributed by atoms with E-state index in [9.17, 15) is 8.78 Å². The Morgan fingerprint density at radius 1 is 0.220 bits per heavy atom. The minimum absolute atomic E-state index is 0.186. The third kappa shape index (κ3) is 9.60. The van der Waals surface area contributed by atoms with E-state index in [2.05, 4.69) is 220 Å². The molecule has 7 aromatic carbocycles. The van der Waals surface area contributed by atoms with Gasteiger partial charge in [0.2, 0.25) is 0 Å². The second-order valence-corrected chi connectivity index (χ2v) is 49.2. The molecule has 0 aliphatic rings. The summed E-state index contributed by atoms with van der Waals surface area (Å²) >= 11 is 47.3. The van der Waals surface area contributed by atoms with Gasteiger partial charge in [0.25, 0.3) is 0 Å². The molecule has 0 unspecified atom stereocenters. The van der Waals surface area contributed by atoms with Crippen molar-refractivity contribution in [2.75, 3.05) is 0 Å². The average molecular weight is 1980 g/mol. The van der Waals surface area contributed by atoms with Crippen LogP contribution in [0.25, 0.3) is 222 Å². The minimum Gasteiger partial charge on any atom is -0.307 e. The molecular weight excluding hydrogens is 1940 g/mol. The second kappa shape index (κ2) is 24.3. The third-order valence-electron chi connectivity index (χ3n) is 20.5. The molecule has 109 heavy (non-hydrogen) atoms. The highest BCUT2D eigenvalue weighted by Gasteiger charge is 2.31. The molecule has 20 aromatic heterocycles. The van der Waals surface area contributed by atoms with Crippen LogP contribution in [0.3, 0.4) is 0 Å². The van der Waals surface area contributed by atoms with E-state index in [1.165, 1.54) is 215 Å². The molecule has 0 atom stereocenters. The number of rotatable bonds is 3. The summed E-state index contributed by atoms with van der Waals surface area (Å²) in [5.41, 5.74) is 15.1. The lowest BCUT2D eigenvalue weighted by molar-refractivity contribution is 0.629. The molecule has 0 fully saturated rings. The van der Waals surface area contributed by atoms with Crippen molar-refractivity contribution in [2.24, 2.45) is 0 Å². The van der Waals surface area contributed by atoms with Gasteiger partial charge in [-0.05, 0) is 162 Å². The molecule has 27 aromatic rings. The number of fused-ring (bicyclic) bond motifs is 39. The lowest BCUT2D eigenvalue weighted by atomic mass is 10.2. The number of hydrogen-bond donors (Lipinski definition) is 0. The molecule has 0 saturated carbocycles. The number of aryl methyl sites for hydroxylation is 3. The first kappa shape index (κ1) is 66.9. The highest BCUT2D eigenvalue weighted by atomic mass is 79.9. The zero-order valence-corrected chi connectivity index (χ0v) is 75.8.